The first-order chi connectivity index (χ1) is 9.42. The van der Waals surface area contributed by atoms with Gasteiger partial charge in [-0.3, -0.25) is 4.79 Å². The quantitative estimate of drug-likeness (QED) is 0.750. The zero-order valence-corrected chi connectivity index (χ0v) is 12.6. The molecule has 0 aromatic carbocycles. The first-order valence-corrected chi connectivity index (χ1v) is 7.21. The zero-order chi connectivity index (χ0) is 14.8. The maximum atomic E-state index is 10.2. The number of nitrogens with zero attached hydrogens (tertiary/aromatic N) is 2. The van der Waals surface area contributed by atoms with E-state index < -0.39 is 5.60 Å². The van der Waals surface area contributed by atoms with Crippen LogP contribution in [0.1, 0.15) is 30.3 Å². The number of piperazine rings is 1. The number of fused-ring (bicyclic) bond motifs is 1. The van der Waals surface area contributed by atoms with Crippen LogP contribution < -0.4 is 0 Å². The molecule has 2 aliphatic rings. The highest BCUT2D eigenvalue weighted by Crippen LogP contribution is 2.35. The minimum atomic E-state index is -0.608. The van der Waals surface area contributed by atoms with E-state index in [1.54, 1.807) is 4.90 Å². The van der Waals surface area contributed by atoms with Gasteiger partial charge < -0.3 is 19.9 Å². The summed E-state index contributed by atoms with van der Waals surface area (Å²) < 4.78 is 0. The molecule has 1 aromatic rings. The Morgan fingerprint density at radius 3 is 2.55 bits per heavy atom. The first kappa shape index (κ1) is 15.1. The van der Waals surface area contributed by atoms with Crippen LogP contribution in [0.3, 0.4) is 0 Å². The van der Waals surface area contributed by atoms with Crippen molar-refractivity contribution in [2.75, 3.05) is 33.2 Å². The maximum absolute atomic E-state index is 10.2. The highest BCUT2D eigenvalue weighted by Gasteiger charge is 2.33. The first-order valence-electron chi connectivity index (χ1n) is 7.21. The van der Waals surface area contributed by atoms with E-state index in [4.69, 9.17) is 0 Å². The molecule has 0 radical (unpaired) electrons. The standard InChI is InChI=1S/C9H13NO.C6H12N2O/c1-6-5-7-3-4-9(2,11)8(7)10-6;1-7-2-4-8(6-9)5-3-7/h5,10-11H,3-4H2,1-2H3;6H,2-5H2,1H3. The topological polar surface area (TPSA) is 59.6 Å². The Labute approximate surface area is 120 Å². The van der Waals surface area contributed by atoms with E-state index in [1.807, 2.05) is 13.8 Å². The summed E-state index contributed by atoms with van der Waals surface area (Å²) in [5.41, 5.74) is 2.85. The molecule has 5 heteroatoms. The Hall–Kier alpha value is -1.33. The molecule has 1 fully saturated rings. The van der Waals surface area contributed by atoms with Crippen molar-refractivity contribution in [2.45, 2.75) is 32.3 Å². The summed E-state index contributed by atoms with van der Waals surface area (Å²) in [6, 6.07) is 2.12. The third-order valence-corrected chi connectivity index (χ3v) is 4.14. The Kier molecular flexibility index (Phi) is 4.50. The fourth-order valence-corrected chi connectivity index (χ4v) is 2.76. The Bertz CT molecular complexity index is 460. The Balaban J connectivity index is 0.000000151. The molecule has 0 bridgehead atoms. The van der Waals surface area contributed by atoms with E-state index in [0.717, 1.165) is 56.8 Å². The van der Waals surface area contributed by atoms with Crippen molar-refractivity contribution in [2.24, 2.45) is 0 Å². The van der Waals surface area contributed by atoms with E-state index in [1.165, 1.54) is 5.56 Å². The summed E-state index contributed by atoms with van der Waals surface area (Å²) >= 11 is 0. The number of hydrogen-bond donors (Lipinski definition) is 2. The number of hydrogen-bond acceptors (Lipinski definition) is 3. The molecule has 1 aromatic heterocycles. The number of aliphatic hydroxyl groups is 1. The number of H-pyrrole nitrogens is 1. The van der Waals surface area contributed by atoms with Gasteiger partial charge in [0.25, 0.3) is 0 Å². The number of aromatic amines is 1. The van der Waals surface area contributed by atoms with Gasteiger partial charge in [0.2, 0.25) is 6.41 Å². The second kappa shape index (κ2) is 5.97. The fourth-order valence-electron chi connectivity index (χ4n) is 2.76. The molecule has 1 saturated heterocycles. The van der Waals surface area contributed by atoms with Gasteiger partial charge in [-0.15, -0.1) is 0 Å². The summed E-state index contributed by atoms with van der Waals surface area (Å²) in [5, 5.41) is 9.83. The molecule has 20 heavy (non-hydrogen) atoms. The number of nitrogens with one attached hydrogen (secondary N) is 1. The van der Waals surface area contributed by atoms with Crippen molar-refractivity contribution in [1.29, 1.82) is 0 Å². The average molecular weight is 279 g/mol. The molecule has 0 saturated carbocycles. The molecule has 1 amide bonds. The van der Waals surface area contributed by atoms with Crippen molar-refractivity contribution in [3.8, 4) is 0 Å². The fraction of sp³-hybridized carbons (Fsp3) is 0.667. The molecule has 1 aliphatic heterocycles. The van der Waals surface area contributed by atoms with Crippen molar-refractivity contribution < 1.29 is 9.90 Å². The summed E-state index contributed by atoms with van der Waals surface area (Å²) in [6.45, 7) is 7.70. The third-order valence-electron chi connectivity index (χ3n) is 4.14. The van der Waals surface area contributed by atoms with Gasteiger partial charge in [-0.25, -0.2) is 0 Å². The van der Waals surface area contributed by atoms with Gasteiger partial charge >= 0.3 is 0 Å². The van der Waals surface area contributed by atoms with Crippen LogP contribution in [0.2, 0.25) is 0 Å². The summed E-state index contributed by atoms with van der Waals surface area (Å²) in [5.74, 6) is 0. The van der Waals surface area contributed by atoms with Crippen LogP contribution in [0.5, 0.6) is 0 Å². The van der Waals surface area contributed by atoms with Crippen LogP contribution in [-0.4, -0.2) is 59.5 Å². The van der Waals surface area contributed by atoms with Gasteiger partial charge in [0.1, 0.15) is 5.60 Å². The van der Waals surface area contributed by atoms with Crippen molar-refractivity contribution >= 4 is 6.41 Å². The van der Waals surface area contributed by atoms with Crippen molar-refractivity contribution in [3.63, 3.8) is 0 Å². The summed E-state index contributed by atoms with van der Waals surface area (Å²) in [7, 11) is 2.07. The largest absolute Gasteiger partial charge is 0.384 e. The minimum Gasteiger partial charge on any atom is -0.384 e. The predicted octanol–water partition coefficient (Wildman–Crippen LogP) is 0.867. The number of carbonyl (C=O) groups is 1. The molecule has 1 atom stereocenters. The number of likely N-dealkylation sites (N-methyl/N-ethyl adjacent to an activating group) is 1. The SMILES string of the molecule is CN1CCN(C=O)CC1.Cc1cc2c([nH]1)C(C)(O)CC2. The number of amides is 1. The summed E-state index contributed by atoms with van der Waals surface area (Å²) in [6.07, 6.45) is 2.79. The van der Waals surface area contributed by atoms with Crippen LogP contribution in [0.25, 0.3) is 0 Å². The molecule has 2 heterocycles. The molecule has 0 spiro atoms. The van der Waals surface area contributed by atoms with Gasteiger partial charge in [0.15, 0.2) is 0 Å². The molecule has 2 N–H and O–H groups in total. The number of rotatable bonds is 1. The lowest BCUT2D eigenvalue weighted by molar-refractivity contribution is -0.119. The number of carbonyl (C=O) groups excluding carboxylic acids is 1. The Morgan fingerprint density at radius 2 is 2.00 bits per heavy atom. The van der Waals surface area contributed by atoms with Crippen molar-refractivity contribution in [3.05, 3.63) is 23.0 Å². The third kappa shape index (κ3) is 3.41. The number of aromatic nitrogens is 1. The van der Waals surface area contributed by atoms with E-state index in [-0.39, 0.29) is 0 Å². The average Bonchev–Trinajstić information content (AvgIpc) is 2.91. The molecule has 1 aliphatic carbocycles. The zero-order valence-electron chi connectivity index (χ0n) is 12.6. The Morgan fingerprint density at radius 1 is 1.35 bits per heavy atom. The van der Waals surface area contributed by atoms with Gasteiger partial charge in [0.05, 0.1) is 5.69 Å². The lowest BCUT2D eigenvalue weighted by Crippen LogP contribution is -2.43. The minimum absolute atomic E-state index is 0.608. The monoisotopic (exact) mass is 279 g/mol. The predicted molar refractivity (Wildman–Crippen MR) is 78.6 cm³/mol. The highest BCUT2D eigenvalue weighted by atomic mass is 16.3. The maximum Gasteiger partial charge on any atom is 0.209 e. The van der Waals surface area contributed by atoms with Crippen LogP contribution in [-0.2, 0) is 16.8 Å². The highest BCUT2D eigenvalue weighted by molar-refractivity contribution is 5.47. The summed E-state index contributed by atoms with van der Waals surface area (Å²) in [4.78, 5) is 17.4. The van der Waals surface area contributed by atoms with E-state index in [2.05, 4.69) is 23.0 Å². The van der Waals surface area contributed by atoms with Crippen LogP contribution >= 0.6 is 0 Å². The molecular weight excluding hydrogens is 254 g/mol. The second-order valence-corrected chi connectivity index (χ2v) is 6.07. The molecule has 112 valence electrons. The van der Waals surface area contributed by atoms with Crippen LogP contribution in [0.4, 0.5) is 0 Å². The lowest BCUT2D eigenvalue weighted by atomic mass is 10.1. The van der Waals surface area contributed by atoms with Gasteiger partial charge in [-0.05, 0) is 45.4 Å². The second-order valence-electron chi connectivity index (χ2n) is 6.07. The smallest absolute Gasteiger partial charge is 0.209 e. The molecule has 3 rings (SSSR count). The molecule has 1 unspecified atom stereocenters. The van der Waals surface area contributed by atoms with Crippen molar-refractivity contribution in [1.82, 2.24) is 14.8 Å². The normalized spacial score (nSPS) is 25.9. The van der Waals surface area contributed by atoms with E-state index in [9.17, 15) is 9.90 Å². The molecule has 5 nitrogen and oxygen atoms in total. The van der Waals surface area contributed by atoms with E-state index in [0.29, 0.717) is 0 Å². The van der Waals surface area contributed by atoms with Gasteiger partial charge in [-0.2, -0.15) is 0 Å². The van der Waals surface area contributed by atoms with Crippen LogP contribution in [0.15, 0.2) is 6.07 Å². The van der Waals surface area contributed by atoms with Gasteiger partial charge in [-0.1, -0.05) is 0 Å². The molecular formula is C15H25N3O2. The number of aryl methyl sites for hydroxylation is 2. The van der Waals surface area contributed by atoms with Gasteiger partial charge in [0, 0.05) is 31.9 Å². The lowest BCUT2D eigenvalue weighted by Gasteiger charge is -2.29. The van der Waals surface area contributed by atoms with E-state index >= 15 is 0 Å². The van der Waals surface area contributed by atoms with Crippen LogP contribution in [0, 0.1) is 6.92 Å².